The molecule has 4 aromatic heterocycles. The molecule has 6 rings (SSSR count). The summed E-state index contributed by atoms with van der Waals surface area (Å²) < 4.78 is 6.74. The Labute approximate surface area is 210 Å². The largest absolute Gasteiger partial charge is 0.481 e. The van der Waals surface area contributed by atoms with Gasteiger partial charge < -0.3 is 19.7 Å². The van der Waals surface area contributed by atoms with E-state index < -0.39 is 0 Å². The predicted molar refractivity (Wildman–Crippen MR) is 138 cm³/mol. The van der Waals surface area contributed by atoms with Crippen molar-refractivity contribution in [2.75, 3.05) is 23.9 Å². The van der Waals surface area contributed by atoms with E-state index in [9.17, 15) is 4.79 Å². The first-order valence-corrected chi connectivity index (χ1v) is 12.3. The molecule has 0 amide bonds. The minimum atomic E-state index is 0.0869. The van der Waals surface area contributed by atoms with Crippen LogP contribution in [0, 0.1) is 0 Å². The summed E-state index contributed by atoms with van der Waals surface area (Å²) in [7, 11) is 1.56. The summed E-state index contributed by atoms with van der Waals surface area (Å²) >= 11 is 0. The molecule has 188 valence electrons. The molecule has 36 heavy (non-hydrogen) atoms. The highest BCUT2D eigenvalue weighted by Gasteiger charge is 2.34. The summed E-state index contributed by atoms with van der Waals surface area (Å²) in [4.78, 5) is 21.2. The van der Waals surface area contributed by atoms with E-state index >= 15 is 0 Å². The fourth-order valence-corrected chi connectivity index (χ4v) is 4.48. The summed E-state index contributed by atoms with van der Waals surface area (Å²) in [5, 5.41) is 15.6. The molecule has 2 fully saturated rings. The number of nitrogens with one attached hydrogen (secondary N) is 2. The second-order valence-electron chi connectivity index (χ2n) is 9.85. The molecule has 10 nitrogen and oxygen atoms in total. The topological polar surface area (TPSA) is 113 Å². The zero-order chi connectivity index (χ0) is 25.1. The predicted octanol–water partition coefficient (Wildman–Crippen LogP) is 4.28. The number of H-pyrrole nitrogens is 1. The van der Waals surface area contributed by atoms with Crippen molar-refractivity contribution in [2.45, 2.75) is 57.4 Å². The van der Waals surface area contributed by atoms with Gasteiger partial charge in [-0.25, -0.2) is 9.50 Å². The van der Waals surface area contributed by atoms with Crippen LogP contribution in [0.3, 0.4) is 0 Å². The van der Waals surface area contributed by atoms with Crippen molar-refractivity contribution in [2.24, 2.45) is 0 Å². The number of rotatable bonds is 7. The Hall–Kier alpha value is -3.95. The van der Waals surface area contributed by atoms with Crippen LogP contribution < -0.4 is 15.0 Å². The van der Waals surface area contributed by atoms with Gasteiger partial charge in [-0.2, -0.15) is 10.1 Å². The van der Waals surface area contributed by atoms with Crippen molar-refractivity contribution in [3.05, 3.63) is 54.0 Å². The maximum atomic E-state index is 10.1. The average Bonchev–Trinajstić information content (AvgIpc) is 3.24. The minimum absolute atomic E-state index is 0.0869. The van der Waals surface area contributed by atoms with E-state index in [0.29, 0.717) is 18.2 Å². The van der Waals surface area contributed by atoms with Crippen LogP contribution in [0.15, 0.2) is 42.7 Å². The fourth-order valence-electron chi connectivity index (χ4n) is 4.48. The van der Waals surface area contributed by atoms with Crippen molar-refractivity contribution in [1.29, 1.82) is 0 Å². The molecule has 2 aliphatic rings. The van der Waals surface area contributed by atoms with E-state index in [-0.39, 0.29) is 5.54 Å². The number of aromatic nitrogens is 6. The van der Waals surface area contributed by atoms with E-state index in [2.05, 4.69) is 45.3 Å². The molecule has 10 heteroatoms. The first kappa shape index (κ1) is 23.8. The Balaban J connectivity index is 0.000000205. The molecule has 0 radical (unpaired) electrons. The van der Waals surface area contributed by atoms with Crippen LogP contribution >= 0.6 is 0 Å². The van der Waals surface area contributed by atoms with Crippen molar-refractivity contribution >= 4 is 29.4 Å². The number of hydrogen-bond donors (Lipinski definition) is 2. The third-order valence-electron chi connectivity index (χ3n) is 6.71. The molecule has 0 aromatic carbocycles. The smallest absolute Gasteiger partial charge is 0.246 e. The SMILES string of the molecule is CC1(C)CCCN1c1nc(Nc2cc(C3CC3)[nH]n2)c2cccn2n1.COc1ccc(CC=O)cn1. The second-order valence-corrected chi connectivity index (χ2v) is 9.85. The highest BCUT2D eigenvalue weighted by Crippen LogP contribution is 2.40. The van der Waals surface area contributed by atoms with Crippen molar-refractivity contribution < 1.29 is 9.53 Å². The summed E-state index contributed by atoms with van der Waals surface area (Å²) in [5.41, 5.74) is 3.16. The highest BCUT2D eigenvalue weighted by atomic mass is 16.5. The highest BCUT2D eigenvalue weighted by molar-refractivity contribution is 5.73. The standard InChI is InChI=1S/C18H23N7.C8H9NO2/c1-18(2)8-4-9-24(18)17-20-16(14-5-3-10-25(14)23-17)19-15-11-13(21-22-15)12-6-7-12;1-11-8-3-2-7(4-5-10)6-9-8/h3,5,10-12H,4,6-9H2,1-2H3,(H2,19,20,21,22,23);2-3,5-6H,4H2,1H3. The second kappa shape index (κ2) is 9.96. The lowest BCUT2D eigenvalue weighted by Crippen LogP contribution is -2.39. The van der Waals surface area contributed by atoms with Crippen LogP contribution in [0.2, 0.25) is 0 Å². The first-order valence-electron chi connectivity index (χ1n) is 12.3. The van der Waals surface area contributed by atoms with E-state index in [1.807, 2.05) is 28.9 Å². The van der Waals surface area contributed by atoms with Gasteiger partial charge in [0.2, 0.25) is 11.8 Å². The molecular formula is C26H32N8O2. The number of methoxy groups -OCH3 is 1. The Kier molecular flexibility index (Phi) is 6.58. The molecule has 0 bridgehead atoms. The molecule has 4 aromatic rings. The van der Waals surface area contributed by atoms with Gasteiger partial charge in [0.25, 0.3) is 0 Å². The maximum absolute atomic E-state index is 10.1. The summed E-state index contributed by atoms with van der Waals surface area (Å²) in [6.45, 7) is 5.51. The summed E-state index contributed by atoms with van der Waals surface area (Å²) in [6.07, 6.45) is 9.71. The zero-order valence-corrected chi connectivity index (χ0v) is 20.9. The van der Waals surface area contributed by atoms with Crippen molar-refractivity contribution in [1.82, 2.24) is 29.8 Å². The van der Waals surface area contributed by atoms with Gasteiger partial charge in [-0.15, -0.1) is 5.10 Å². The van der Waals surface area contributed by atoms with E-state index in [1.54, 1.807) is 19.4 Å². The number of fused-ring (bicyclic) bond motifs is 1. The number of aromatic amines is 1. The molecule has 0 spiro atoms. The Morgan fingerprint density at radius 2 is 2.14 bits per heavy atom. The molecule has 0 unspecified atom stereocenters. The number of ether oxygens (including phenoxy) is 1. The first-order chi connectivity index (χ1) is 17.5. The van der Waals surface area contributed by atoms with Crippen LogP contribution in [-0.2, 0) is 11.2 Å². The lowest BCUT2D eigenvalue weighted by Gasteiger charge is -2.31. The van der Waals surface area contributed by atoms with Crippen molar-refractivity contribution in [3.63, 3.8) is 0 Å². The fraction of sp³-hybridized carbons (Fsp3) is 0.423. The average molecular weight is 489 g/mol. The summed E-state index contributed by atoms with van der Waals surface area (Å²) in [6, 6.07) is 9.67. The van der Waals surface area contributed by atoms with Crippen LogP contribution in [-0.4, -0.2) is 55.3 Å². The van der Waals surface area contributed by atoms with E-state index in [4.69, 9.17) is 14.8 Å². The van der Waals surface area contributed by atoms with E-state index in [0.717, 1.165) is 47.9 Å². The van der Waals surface area contributed by atoms with Crippen LogP contribution in [0.5, 0.6) is 5.88 Å². The molecule has 1 saturated carbocycles. The Bertz CT molecular complexity index is 1320. The third-order valence-corrected chi connectivity index (χ3v) is 6.71. The minimum Gasteiger partial charge on any atom is -0.481 e. The molecule has 1 aliphatic heterocycles. The van der Waals surface area contributed by atoms with Gasteiger partial charge in [0.1, 0.15) is 11.8 Å². The molecule has 5 heterocycles. The lowest BCUT2D eigenvalue weighted by molar-refractivity contribution is -0.107. The number of anilines is 3. The monoisotopic (exact) mass is 488 g/mol. The van der Waals surface area contributed by atoms with E-state index in [1.165, 1.54) is 25.0 Å². The van der Waals surface area contributed by atoms with Gasteiger partial charge in [-0.05, 0) is 57.2 Å². The van der Waals surface area contributed by atoms with Crippen molar-refractivity contribution in [3.8, 4) is 5.88 Å². The Morgan fingerprint density at radius 1 is 1.28 bits per heavy atom. The molecule has 1 aliphatic carbocycles. The number of hydrogen-bond acceptors (Lipinski definition) is 8. The zero-order valence-electron chi connectivity index (χ0n) is 20.9. The Morgan fingerprint density at radius 3 is 2.81 bits per heavy atom. The normalized spacial score (nSPS) is 16.5. The summed E-state index contributed by atoms with van der Waals surface area (Å²) in [5.74, 6) is 3.61. The number of pyridine rings is 1. The van der Waals surface area contributed by atoms with Gasteiger partial charge in [0, 0.05) is 54.6 Å². The van der Waals surface area contributed by atoms with Gasteiger partial charge in [0.15, 0.2) is 11.6 Å². The van der Waals surface area contributed by atoms with Gasteiger partial charge in [-0.1, -0.05) is 6.07 Å². The number of nitrogens with zero attached hydrogens (tertiary/aromatic N) is 6. The number of aldehydes is 1. The van der Waals surface area contributed by atoms with Crippen LogP contribution in [0.4, 0.5) is 17.6 Å². The van der Waals surface area contributed by atoms with Crippen LogP contribution in [0.1, 0.15) is 56.7 Å². The molecule has 0 atom stereocenters. The maximum Gasteiger partial charge on any atom is 0.246 e. The third kappa shape index (κ3) is 5.17. The van der Waals surface area contributed by atoms with Gasteiger partial charge in [-0.3, -0.25) is 5.10 Å². The molecule has 1 saturated heterocycles. The lowest BCUT2D eigenvalue weighted by atomic mass is 10.0. The number of carbonyl (C=O) groups excluding carboxylic acids is 1. The number of carbonyl (C=O) groups is 1. The quantitative estimate of drug-likeness (QED) is 0.371. The van der Waals surface area contributed by atoms with Gasteiger partial charge >= 0.3 is 0 Å². The van der Waals surface area contributed by atoms with Gasteiger partial charge in [0.05, 0.1) is 7.11 Å². The molecular weight excluding hydrogens is 456 g/mol. The molecule has 2 N–H and O–H groups in total. The van der Waals surface area contributed by atoms with Crippen LogP contribution in [0.25, 0.3) is 5.52 Å².